The predicted molar refractivity (Wildman–Crippen MR) is 134 cm³/mol. The molecule has 3 aromatic rings. The quantitative estimate of drug-likeness (QED) is 0.455. The van der Waals surface area contributed by atoms with Gasteiger partial charge in [0.15, 0.2) is 0 Å². The van der Waals surface area contributed by atoms with E-state index in [1.54, 1.807) is 18.2 Å². The smallest absolute Gasteiger partial charge is 0.243 e. The third-order valence-corrected chi connectivity index (χ3v) is 6.05. The van der Waals surface area contributed by atoms with Gasteiger partial charge in [-0.05, 0) is 48.6 Å². The summed E-state index contributed by atoms with van der Waals surface area (Å²) in [6.45, 7) is 6.56. The molecule has 0 heterocycles. The van der Waals surface area contributed by atoms with Crippen molar-refractivity contribution in [2.45, 2.75) is 52.6 Å². The largest absolute Gasteiger partial charge is 0.354 e. The minimum Gasteiger partial charge on any atom is -0.354 e. The summed E-state index contributed by atoms with van der Waals surface area (Å²) in [6, 6.07) is 21.2. The van der Waals surface area contributed by atoms with Crippen LogP contribution in [0.4, 0.5) is 4.39 Å². The summed E-state index contributed by atoms with van der Waals surface area (Å²) in [4.78, 5) is 28.5. The standard InChI is InChI=1S/C29H33FN2O2/c1-4-16-31-29(34)27(18-23-10-6-5-7-11-23)32(20-25-12-8-9-13-26(25)30)28(33)19-24-15-14-21(2)22(3)17-24/h5-15,17,27H,4,16,18-20H2,1-3H3,(H,31,34)/t27-/m1/s1. The Morgan fingerprint density at radius 1 is 0.912 bits per heavy atom. The lowest BCUT2D eigenvalue weighted by atomic mass is 10.00. The lowest BCUT2D eigenvalue weighted by Gasteiger charge is -2.32. The molecule has 178 valence electrons. The summed E-state index contributed by atoms with van der Waals surface area (Å²) in [5, 5.41) is 2.94. The number of nitrogens with zero attached hydrogens (tertiary/aromatic N) is 1. The molecular weight excluding hydrogens is 427 g/mol. The van der Waals surface area contributed by atoms with Crippen molar-refractivity contribution in [3.63, 3.8) is 0 Å². The van der Waals surface area contributed by atoms with Crippen LogP contribution in [0.25, 0.3) is 0 Å². The molecule has 2 amide bonds. The number of hydrogen-bond donors (Lipinski definition) is 1. The summed E-state index contributed by atoms with van der Waals surface area (Å²) in [7, 11) is 0. The van der Waals surface area contributed by atoms with Gasteiger partial charge in [-0.25, -0.2) is 4.39 Å². The van der Waals surface area contributed by atoms with Gasteiger partial charge >= 0.3 is 0 Å². The molecule has 34 heavy (non-hydrogen) atoms. The zero-order chi connectivity index (χ0) is 24.5. The molecule has 0 bridgehead atoms. The number of rotatable bonds is 10. The van der Waals surface area contributed by atoms with Gasteiger partial charge in [0.1, 0.15) is 11.9 Å². The van der Waals surface area contributed by atoms with Crippen LogP contribution in [-0.4, -0.2) is 29.3 Å². The van der Waals surface area contributed by atoms with Gasteiger partial charge in [-0.15, -0.1) is 0 Å². The zero-order valence-electron chi connectivity index (χ0n) is 20.2. The first-order valence-corrected chi connectivity index (χ1v) is 11.8. The van der Waals surface area contributed by atoms with Crippen LogP contribution in [0.1, 0.15) is 41.2 Å². The van der Waals surface area contributed by atoms with Crippen molar-refractivity contribution < 1.29 is 14.0 Å². The molecule has 0 saturated carbocycles. The van der Waals surface area contributed by atoms with Gasteiger partial charge in [0.2, 0.25) is 11.8 Å². The number of carbonyl (C=O) groups is 2. The van der Waals surface area contributed by atoms with Crippen molar-refractivity contribution in [2.75, 3.05) is 6.54 Å². The lowest BCUT2D eigenvalue weighted by molar-refractivity contribution is -0.140. The number of halogens is 1. The van der Waals surface area contributed by atoms with E-state index in [2.05, 4.69) is 5.32 Å². The molecule has 0 saturated heterocycles. The number of hydrogen-bond acceptors (Lipinski definition) is 2. The highest BCUT2D eigenvalue weighted by Crippen LogP contribution is 2.19. The molecule has 0 fully saturated rings. The fraction of sp³-hybridized carbons (Fsp3) is 0.310. The molecule has 0 aliphatic heterocycles. The molecule has 1 atom stereocenters. The molecule has 0 spiro atoms. The van der Waals surface area contributed by atoms with E-state index < -0.39 is 6.04 Å². The average molecular weight is 461 g/mol. The van der Waals surface area contributed by atoms with Crippen molar-refractivity contribution in [3.8, 4) is 0 Å². The normalized spacial score (nSPS) is 11.6. The maximum absolute atomic E-state index is 14.6. The molecule has 3 rings (SSSR count). The highest BCUT2D eigenvalue weighted by Gasteiger charge is 2.30. The Bertz CT molecular complexity index is 1110. The molecule has 5 heteroatoms. The first-order valence-electron chi connectivity index (χ1n) is 11.8. The van der Waals surface area contributed by atoms with E-state index in [-0.39, 0.29) is 30.6 Å². The lowest BCUT2D eigenvalue weighted by Crippen LogP contribution is -2.51. The van der Waals surface area contributed by atoms with Crippen LogP contribution in [0.2, 0.25) is 0 Å². The first kappa shape index (κ1) is 25.2. The van der Waals surface area contributed by atoms with Gasteiger partial charge in [0.05, 0.1) is 6.42 Å². The number of benzene rings is 3. The maximum atomic E-state index is 14.6. The molecule has 0 aliphatic carbocycles. The van der Waals surface area contributed by atoms with E-state index in [4.69, 9.17) is 0 Å². The fourth-order valence-electron chi connectivity index (χ4n) is 3.92. The van der Waals surface area contributed by atoms with Crippen molar-refractivity contribution in [1.29, 1.82) is 0 Å². The van der Waals surface area contributed by atoms with Crippen molar-refractivity contribution in [3.05, 3.63) is 106 Å². The van der Waals surface area contributed by atoms with Crippen LogP contribution in [0.15, 0.2) is 72.8 Å². The van der Waals surface area contributed by atoms with Crippen molar-refractivity contribution in [2.24, 2.45) is 0 Å². The second-order valence-electron chi connectivity index (χ2n) is 8.70. The third-order valence-electron chi connectivity index (χ3n) is 6.05. The Morgan fingerprint density at radius 3 is 2.29 bits per heavy atom. The first-order chi connectivity index (χ1) is 16.4. The van der Waals surface area contributed by atoms with Crippen LogP contribution in [0.3, 0.4) is 0 Å². The summed E-state index contributed by atoms with van der Waals surface area (Å²) in [5.41, 5.74) is 4.46. The van der Waals surface area contributed by atoms with E-state index in [1.165, 1.54) is 11.0 Å². The molecule has 4 nitrogen and oxygen atoms in total. The highest BCUT2D eigenvalue weighted by atomic mass is 19.1. The second kappa shape index (κ2) is 12.1. The Hall–Kier alpha value is -3.47. The number of aryl methyl sites for hydroxylation is 2. The fourth-order valence-corrected chi connectivity index (χ4v) is 3.92. The molecular formula is C29H33FN2O2. The molecule has 0 aliphatic rings. The highest BCUT2D eigenvalue weighted by molar-refractivity contribution is 5.88. The second-order valence-corrected chi connectivity index (χ2v) is 8.70. The number of nitrogens with one attached hydrogen (secondary N) is 1. The third kappa shape index (κ3) is 6.77. The summed E-state index contributed by atoms with van der Waals surface area (Å²) >= 11 is 0. The van der Waals surface area contributed by atoms with Crippen molar-refractivity contribution >= 4 is 11.8 Å². The van der Waals surface area contributed by atoms with E-state index >= 15 is 0 Å². The monoisotopic (exact) mass is 460 g/mol. The van der Waals surface area contributed by atoms with Crippen LogP contribution in [0, 0.1) is 19.7 Å². The number of amides is 2. The van der Waals surface area contributed by atoms with E-state index in [0.717, 1.165) is 28.7 Å². The van der Waals surface area contributed by atoms with Gasteiger partial charge < -0.3 is 10.2 Å². The average Bonchev–Trinajstić information content (AvgIpc) is 2.83. The Labute approximate surface area is 201 Å². The minimum absolute atomic E-state index is 0.0212. The van der Waals surface area contributed by atoms with Crippen LogP contribution >= 0.6 is 0 Å². The summed E-state index contributed by atoms with van der Waals surface area (Å²) in [5.74, 6) is -0.825. The summed E-state index contributed by atoms with van der Waals surface area (Å²) in [6.07, 6.45) is 1.28. The molecule has 0 unspecified atom stereocenters. The van der Waals surface area contributed by atoms with Gasteiger partial charge in [-0.2, -0.15) is 0 Å². The van der Waals surface area contributed by atoms with Crippen molar-refractivity contribution in [1.82, 2.24) is 10.2 Å². The Kier molecular flexibility index (Phi) is 8.97. The Balaban J connectivity index is 1.97. The van der Waals surface area contributed by atoms with Gasteiger partial charge in [0, 0.05) is 25.1 Å². The van der Waals surface area contributed by atoms with Crippen LogP contribution in [0.5, 0.6) is 0 Å². The van der Waals surface area contributed by atoms with E-state index in [0.29, 0.717) is 18.5 Å². The van der Waals surface area contributed by atoms with Gasteiger partial charge in [-0.3, -0.25) is 9.59 Å². The minimum atomic E-state index is -0.757. The van der Waals surface area contributed by atoms with Crippen LogP contribution in [-0.2, 0) is 29.0 Å². The molecule has 1 N–H and O–H groups in total. The molecule has 3 aromatic carbocycles. The van der Waals surface area contributed by atoms with E-state index in [9.17, 15) is 14.0 Å². The van der Waals surface area contributed by atoms with E-state index in [1.807, 2.05) is 69.3 Å². The SMILES string of the molecule is CCCNC(=O)[C@@H](Cc1ccccc1)N(Cc1ccccc1F)C(=O)Cc1ccc(C)c(C)c1. The van der Waals surface area contributed by atoms with Crippen LogP contribution < -0.4 is 5.32 Å². The topological polar surface area (TPSA) is 49.4 Å². The van der Waals surface area contributed by atoms with Gasteiger partial charge in [0.25, 0.3) is 0 Å². The molecule has 0 radical (unpaired) electrons. The maximum Gasteiger partial charge on any atom is 0.243 e. The Morgan fingerprint density at radius 2 is 1.62 bits per heavy atom. The van der Waals surface area contributed by atoms with Gasteiger partial charge in [-0.1, -0.05) is 73.7 Å². The zero-order valence-corrected chi connectivity index (χ0v) is 20.2. The molecule has 0 aromatic heterocycles. The number of carbonyl (C=O) groups excluding carboxylic acids is 2. The summed E-state index contributed by atoms with van der Waals surface area (Å²) < 4.78 is 14.6. The predicted octanol–water partition coefficient (Wildman–Crippen LogP) is 5.15.